The lowest BCUT2D eigenvalue weighted by atomic mass is 10.2. The van der Waals surface area contributed by atoms with E-state index in [1.54, 1.807) is 36.9 Å². The molecule has 0 spiro atoms. The molecule has 0 radical (unpaired) electrons. The van der Waals surface area contributed by atoms with E-state index in [-0.39, 0.29) is 16.7 Å². The minimum Gasteiger partial charge on any atom is -0.320 e. The fraction of sp³-hybridized carbons (Fsp3) is 0.333. The zero-order valence-electron chi connectivity index (χ0n) is 16.6. The van der Waals surface area contributed by atoms with Crippen molar-refractivity contribution in [1.29, 1.82) is 0 Å². The Labute approximate surface area is 171 Å². The molecule has 29 heavy (non-hydrogen) atoms. The molecule has 1 aliphatic heterocycles. The van der Waals surface area contributed by atoms with Crippen LogP contribution < -0.4 is 10.2 Å². The number of amides is 2. The van der Waals surface area contributed by atoms with Crippen LogP contribution in [0.25, 0.3) is 0 Å². The molecule has 1 heterocycles. The smallest absolute Gasteiger partial charge is 0.255 e. The summed E-state index contributed by atoms with van der Waals surface area (Å²) in [4.78, 5) is 26.6. The van der Waals surface area contributed by atoms with Gasteiger partial charge in [-0.1, -0.05) is 26.0 Å². The van der Waals surface area contributed by atoms with E-state index in [0.717, 1.165) is 6.42 Å². The van der Waals surface area contributed by atoms with Crippen LogP contribution in [0.3, 0.4) is 0 Å². The van der Waals surface area contributed by atoms with Crippen molar-refractivity contribution in [2.45, 2.75) is 31.6 Å². The van der Waals surface area contributed by atoms with Crippen LogP contribution in [-0.2, 0) is 14.8 Å². The molecule has 0 saturated carbocycles. The Kier molecular flexibility index (Phi) is 6.34. The van der Waals surface area contributed by atoms with E-state index in [0.29, 0.717) is 43.0 Å². The van der Waals surface area contributed by atoms with Crippen molar-refractivity contribution in [2.24, 2.45) is 0 Å². The summed E-state index contributed by atoms with van der Waals surface area (Å²) >= 11 is 0. The number of carbonyl (C=O) groups is 2. The van der Waals surface area contributed by atoms with Gasteiger partial charge in [-0.15, -0.1) is 0 Å². The molecule has 0 atom stereocenters. The highest BCUT2D eigenvalue weighted by molar-refractivity contribution is 7.89. The number of rotatable bonds is 7. The minimum absolute atomic E-state index is 0.0395. The third-order valence-corrected chi connectivity index (χ3v) is 7.04. The Bertz CT molecular complexity index is 999. The van der Waals surface area contributed by atoms with Crippen LogP contribution in [0.1, 0.15) is 37.0 Å². The molecule has 0 aliphatic carbocycles. The Morgan fingerprint density at radius 3 is 2.31 bits per heavy atom. The molecule has 1 N–H and O–H groups in total. The number of anilines is 2. The van der Waals surface area contributed by atoms with Crippen molar-refractivity contribution in [2.75, 3.05) is 29.9 Å². The molecular formula is C21H25N3O4S. The van der Waals surface area contributed by atoms with Gasteiger partial charge in [0.1, 0.15) is 0 Å². The molecule has 3 rings (SSSR count). The first-order valence-electron chi connectivity index (χ1n) is 9.69. The zero-order chi connectivity index (χ0) is 21.0. The van der Waals surface area contributed by atoms with Gasteiger partial charge in [0.25, 0.3) is 5.91 Å². The van der Waals surface area contributed by atoms with Crippen molar-refractivity contribution >= 4 is 33.2 Å². The lowest BCUT2D eigenvalue weighted by Gasteiger charge is -2.20. The van der Waals surface area contributed by atoms with E-state index >= 15 is 0 Å². The second-order valence-electron chi connectivity index (χ2n) is 6.73. The molecule has 154 valence electrons. The van der Waals surface area contributed by atoms with E-state index in [1.807, 2.05) is 6.07 Å². The fourth-order valence-electron chi connectivity index (χ4n) is 3.40. The highest BCUT2D eigenvalue weighted by Gasteiger charge is 2.25. The maximum Gasteiger partial charge on any atom is 0.255 e. The van der Waals surface area contributed by atoms with E-state index in [2.05, 4.69) is 5.32 Å². The Morgan fingerprint density at radius 1 is 1.07 bits per heavy atom. The summed E-state index contributed by atoms with van der Waals surface area (Å²) in [6.45, 7) is 4.96. The highest BCUT2D eigenvalue weighted by Crippen LogP contribution is 2.29. The third kappa shape index (κ3) is 4.33. The molecule has 1 fully saturated rings. The molecule has 1 saturated heterocycles. The van der Waals surface area contributed by atoms with Crippen molar-refractivity contribution in [3.63, 3.8) is 0 Å². The molecule has 2 aromatic carbocycles. The van der Waals surface area contributed by atoms with Crippen molar-refractivity contribution in [1.82, 2.24) is 4.31 Å². The van der Waals surface area contributed by atoms with Crippen LogP contribution in [0, 0.1) is 0 Å². The van der Waals surface area contributed by atoms with Crippen LogP contribution >= 0.6 is 0 Å². The van der Waals surface area contributed by atoms with E-state index in [9.17, 15) is 18.0 Å². The number of nitrogens with one attached hydrogen (secondary N) is 1. The van der Waals surface area contributed by atoms with Crippen LogP contribution in [0.5, 0.6) is 0 Å². The number of nitrogens with zero attached hydrogens (tertiary/aromatic N) is 2. The van der Waals surface area contributed by atoms with Gasteiger partial charge in [0.05, 0.1) is 16.3 Å². The van der Waals surface area contributed by atoms with Crippen LogP contribution in [-0.4, -0.2) is 44.2 Å². The van der Waals surface area contributed by atoms with Crippen LogP contribution in [0.4, 0.5) is 11.4 Å². The molecule has 1 aliphatic rings. The van der Waals surface area contributed by atoms with Gasteiger partial charge in [0.2, 0.25) is 15.9 Å². The molecule has 2 aromatic rings. The van der Waals surface area contributed by atoms with Gasteiger partial charge in [-0.05, 0) is 42.8 Å². The summed E-state index contributed by atoms with van der Waals surface area (Å²) in [6, 6.07) is 13.0. The second-order valence-corrected chi connectivity index (χ2v) is 8.67. The summed E-state index contributed by atoms with van der Waals surface area (Å²) in [5.41, 5.74) is 1.56. The third-order valence-electron chi connectivity index (χ3n) is 4.98. The monoisotopic (exact) mass is 415 g/mol. The maximum atomic E-state index is 12.7. The quantitative estimate of drug-likeness (QED) is 0.753. The van der Waals surface area contributed by atoms with Crippen LogP contribution in [0.15, 0.2) is 53.4 Å². The largest absolute Gasteiger partial charge is 0.320 e. The summed E-state index contributed by atoms with van der Waals surface area (Å²) in [5, 5.41) is 2.83. The van der Waals surface area contributed by atoms with Gasteiger partial charge in [-0.25, -0.2) is 8.42 Å². The lowest BCUT2D eigenvalue weighted by Crippen LogP contribution is -2.30. The van der Waals surface area contributed by atoms with Crippen LogP contribution in [0.2, 0.25) is 0 Å². The molecule has 8 heteroatoms. The molecule has 2 amide bonds. The first kappa shape index (κ1) is 21.0. The Morgan fingerprint density at radius 2 is 1.72 bits per heavy atom. The fourth-order valence-corrected chi connectivity index (χ4v) is 4.86. The highest BCUT2D eigenvalue weighted by atomic mass is 32.2. The summed E-state index contributed by atoms with van der Waals surface area (Å²) in [5.74, 6) is -0.325. The molecule has 7 nitrogen and oxygen atoms in total. The average Bonchev–Trinajstić information content (AvgIpc) is 3.15. The van der Waals surface area contributed by atoms with Gasteiger partial charge in [0, 0.05) is 31.6 Å². The second kappa shape index (κ2) is 8.75. The number of hydrogen-bond acceptors (Lipinski definition) is 4. The van der Waals surface area contributed by atoms with E-state index < -0.39 is 10.0 Å². The molecular weight excluding hydrogens is 390 g/mol. The van der Waals surface area contributed by atoms with Gasteiger partial charge in [-0.3, -0.25) is 9.59 Å². The van der Waals surface area contributed by atoms with E-state index in [1.165, 1.54) is 28.6 Å². The van der Waals surface area contributed by atoms with Crippen molar-refractivity contribution in [3.8, 4) is 0 Å². The number of para-hydroxylation sites is 2. The predicted molar refractivity (Wildman–Crippen MR) is 113 cm³/mol. The number of sulfonamides is 1. The zero-order valence-corrected chi connectivity index (χ0v) is 17.4. The maximum absolute atomic E-state index is 12.7. The number of benzene rings is 2. The summed E-state index contributed by atoms with van der Waals surface area (Å²) < 4.78 is 26.5. The standard InChI is InChI=1S/C21H25N3O4S/c1-3-23(4-2)29(27,28)17-13-11-16(12-14-17)21(26)22-18-8-5-6-9-19(18)24-15-7-10-20(24)25/h5-6,8-9,11-14H,3-4,7,10,15H2,1-2H3,(H,22,26). The normalized spacial score (nSPS) is 14.4. The van der Waals surface area contributed by atoms with Gasteiger partial charge in [0.15, 0.2) is 0 Å². The van der Waals surface area contributed by atoms with E-state index in [4.69, 9.17) is 0 Å². The lowest BCUT2D eigenvalue weighted by molar-refractivity contribution is -0.117. The van der Waals surface area contributed by atoms with Crippen molar-refractivity contribution in [3.05, 3.63) is 54.1 Å². The number of carbonyl (C=O) groups excluding carboxylic acids is 2. The first-order valence-corrected chi connectivity index (χ1v) is 11.1. The van der Waals surface area contributed by atoms with Gasteiger partial charge in [-0.2, -0.15) is 4.31 Å². The van der Waals surface area contributed by atoms with Gasteiger partial charge >= 0.3 is 0 Å². The minimum atomic E-state index is -3.57. The van der Waals surface area contributed by atoms with Crippen molar-refractivity contribution < 1.29 is 18.0 Å². The summed E-state index contributed by atoms with van der Waals surface area (Å²) in [7, 11) is -3.57. The number of hydrogen-bond donors (Lipinski definition) is 1. The molecule has 0 aromatic heterocycles. The van der Waals surface area contributed by atoms with Gasteiger partial charge < -0.3 is 10.2 Å². The Balaban J connectivity index is 1.80. The topological polar surface area (TPSA) is 86.8 Å². The SMILES string of the molecule is CCN(CC)S(=O)(=O)c1ccc(C(=O)Nc2ccccc2N2CCCC2=O)cc1. The predicted octanol–water partition coefficient (Wildman–Crippen LogP) is 3.10. The molecule has 0 bridgehead atoms. The summed E-state index contributed by atoms with van der Waals surface area (Å²) in [6.07, 6.45) is 1.30. The molecule has 0 unspecified atom stereocenters. The first-order chi connectivity index (χ1) is 13.9. The average molecular weight is 416 g/mol. The Hall–Kier alpha value is -2.71.